The maximum atomic E-state index is 4.29. The minimum absolute atomic E-state index is 0.316. The number of benzene rings is 1. The molecule has 1 aromatic carbocycles. The number of hydrogen-bond acceptors (Lipinski definition) is 1. The van der Waals surface area contributed by atoms with E-state index in [1.54, 1.807) is 0 Å². The van der Waals surface area contributed by atoms with Gasteiger partial charge in [-0.2, -0.15) is 0 Å². The lowest BCUT2D eigenvalue weighted by Crippen LogP contribution is -2.13. The summed E-state index contributed by atoms with van der Waals surface area (Å²) in [5.41, 5.74) is 11.2. The van der Waals surface area contributed by atoms with Gasteiger partial charge in [-0.05, 0) is 64.2 Å². The van der Waals surface area contributed by atoms with Crippen molar-refractivity contribution in [2.24, 2.45) is 0 Å². The molecule has 2 rings (SSSR count). The maximum Gasteiger partial charge on any atom is 0.0361 e. The van der Waals surface area contributed by atoms with Crippen LogP contribution in [0.1, 0.15) is 65.4 Å². The number of aryl methyl sites for hydroxylation is 3. The van der Waals surface area contributed by atoms with E-state index in [2.05, 4.69) is 83.2 Å². The number of aromatic nitrogens is 1. The molecule has 2 N–H and O–H groups in total. The first-order valence-electron chi connectivity index (χ1n) is 9.59. The van der Waals surface area contributed by atoms with Gasteiger partial charge in [0.1, 0.15) is 0 Å². The summed E-state index contributed by atoms with van der Waals surface area (Å²) in [6, 6.07) is 6.71. The van der Waals surface area contributed by atoms with E-state index in [0.717, 1.165) is 25.1 Å². The molecule has 1 aromatic heterocycles. The molecule has 0 amide bonds. The lowest BCUT2D eigenvalue weighted by Gasteiger charge is -2.21. The quantitative estimate of drug-likeness (QED) is 0.551. The minimum Gasteiger partial charge on any atom is -0.385 e. The van der Waals surface area contributed by atoms with E-state index in [1.165, 1.54) is 44.8 Å². The Bertz CT molecular complexity index is 808. The smallest absolute Gasteiger partial charge is 0.0361 e. The summed E-state index contributed by atoms with van der Waals surface area (Å²) in [5.74, 6) is 0.316. The van der Waals surface area contributed by atoms with Gasteiger partial charge in [0.15, 0.2) is 0 Å². The van der Waals surface area contributed by atoms with Gasteiger partial charge in [-0.3, -0.25) is 0 Å². The van der Waals surface area contributed by atoms with Crippen LogP contribution in [0.2, 0.25) is 0 Å². The van der Waals surface area contributed by atoms with E-state index in [9.17, 15) is 0 Å². The third kappa shape index (κ3) is 4.30. The maximum absolute atomic E-state index is 4.29. The molecule has 0 aliphatic carbocycles. The van der Waals surface area contributed by atoms with Crippen LogP contribution in [0.15, 0.2) is 36.9 Å². The standard InChI is InChI=1S/C24H34N2/c1-9-12-25-19(7)24-18(6)23(26-20(24)8)14-21(15(2)3)22-13-16(4)10-11-17(22)5/h10-11,13,21,25-26H,2,7,9,12,14H2,1,3-6,8H3. The van der Waals surface area contributed by atoms with Crippen molar-refractivity contribution in [1.82, 2.24) is 10.3 Å². The predicted molar refractivity (Wildman–Crippen MR) is 115 cm³/mol. The van der Waals surface area contributed by atoms with Crippen LogP contribution < -0.4 is 5.32 Å². The highest BCUT2D eigenvalue weighted by Crippen LogP contribution is 2.33. The Labute approximate surface area is 159 Å². The summed E-state index contributed by atoms with van der Waals surface area (Å²) in [5, 5.41) is 3.44. The first-order valence-corrected chi connectivity index (χ1v) is 9.59. The third-order valence-electron chi connectivity index (χ3n) is 5.24. The lowest BCUT2D eigenvalue weighted by molar-refractivity contribution is 0.761. The lowest BCUT2D eigenvalue weighted by atomic mass is 9.84. The normalized spacial score (nSPS) is 12.1. The van der Waals surface area contributed by atoms with Gasteiger partial charge >= 0.3 is 0 Å². The molecule has 1 heterocycles. The van der Waals surface area contributed by atoms with Crippen LogP contribution in [0, 0.1) is 27.7 Å². The molecule has 26 heavy (non-hydrogen) atoms. The molecule has 0 saturated carbocycles. The number of allylic oxidation sites excluding steroid dienone is 1. The molecule has 0 radical (unpaired) electrons. The monoisotopic (exact) mass is 350 g/mol. The summed E-state index contributed by atoms with van der Waals surface area (Å²) in [7, 11) is 0. The summed E-state index contributed by atoms with van der Waals surface area (Å²) in [6.45, 7) is 22.5. The van der Waals surface area contributed by atoms with Gasteiger partial charge in [0, 0.05) is 35.1 Å². The molecule has 0 aliphatic heterocycles. The van der Waals surface area contributed by atoms with Gasteiger partial charge in [-0.15, -0.1) is 0 Å². The van der Waals surface area contributed by atoms with E-state index in [4.69, 9.17) is 0 Å². The van der Waals surface area contributed by atoms with Crippen molar-refractivity contribution in [1.29, 1.82) is 0 Å². The van der Waals surface area contributed by atoms with Crippen LogP contribution in [-0.2, 0) is 6.42 Å². The Morgan fingerprint density at radius 2 is 1.85 bits per heavy atom. The Hall–Kier alpha value is -2.22. The molecule has 1 unspecified atom stereocenters. The first-order chi connectivity index (χ1) is 12.3. The van der Waals surface area contributed by atoms with E-state index in [0.29, 0.717) is 5.92 Å². The van der Waals surface area contributed by atoms with Crippen LogP contribution in [-0.4, -0.2) is 11.5 Å². The second-order valence-electron chi connectivity index (χ2n) is 7.60. The predicted octanol–water partition coefficient (Wildman–Crippen LogP) is 6.12. The Balaban J connectivity index is 2.37. The zero-order valence-corrected chi connectivity index (χ0v) is 17.3. The van der Waals surface area contributed by atoms with Crippen molar-refractivity contribution in [3.63, 3.8) is 0 Å². The highest BCUT2D eigenvalue weighted by molar-refractivity contribution is 5.68. The fourth-order valence-corrected chi connectivity index (χ4v) is 3.72. The van der Waals surface area contributed by atoms with Gasteiger partial charge in [-0.1, -0.05) is 49.4 Å². The third-order valence-corrected chi connectivity index (χ3v) is 5.24. The first kappa shape index (κ1) is 20.1. The van der Waals surface area contributed by atoms with Crippen molar-refractivity contribution in [2.75, 3.05) is 6.54 Å². The van der Waals surface area contributed by atoms with Crippen molar-refractivity contribution in [3.8, 4) is 0 Å². The van der Waals surface area contributed by atoms with Crippen LogP contribution in [0.25, 0.3) is 5.70 Å². The van der Waals surface area contributed by atoms with Crippen molar-refractivity contribution in [3.05, 3.63) is 76.1 Å². The largest absolute Gasteiger partial charge is 0.385 e. The fourth-order valence-electron chi connectivity index (χ4n) is 3.72. The molecule has 0 bridgehead atoms. The summed E-state index contributed by atoms with van der Waals surface area (Å²) in [4.78, 5) is 3.62. The highest BCUT2D eigenvalue weighted by Gasteiger charge is 2.20. The number of nitrogens with one attached hydrogen (secondary N) is 2. The number of H-pyrrole nitrogens is 1. The zero-order chi connectivity index (χ0) is 19.4. The zero-order valence-electron chi connectivity index (χ0n) is 17.3. The molecule has 0 fully saturated rings. The van der Waals surface area contributed by atoms with Crippen molar-refractivity contribution in [2.45, 2.75) is 60.3 Å². The second kappa shape index (κ2) is 8.44. The average Bonchev–Trinajstić information content (AvgIpc) is 2.86. The minimum atomic E-state index is 0.316. The van der Waals surface area contributed by atoms with Gasteiger partial charge in [0.25, 0.3) is 0 Å². The van der Waals surface area contributed by atoms with E-state index >= 15 is 0 Å². The second-order valence-corrected chi connectivity index (χ2v) is 7.60. The molecule has 2 aromatic rings. The highest BCUT2D eigenvalue weighted by atomic mass is 14.9. The van der Waals surface area contributed by atoms with Gasteiger partial charge in [-0.25, -0.2) is 0 Å². The van der Waals surface area contributed by atoms with Crippen LogP contribution >= 0.6 is 0 Å². The summed E-state index contributed by atoms with van der Waals surface area (Å²) < 4.78 is 0. The van der Waals surface area contributed by atoms with Crippen LogP contribution in [0.5, 0.6) is 0 Å². The molecular weight excluding hydrogens is 316 g/mol. The van der Waals surface area contributed by atoms with E-state index in [1.807, 2.05) is 0 Å². The Morgan fingerprint density at radius 1 is 1.15 bits per heavy atom. The molecule has 0 aliphatic rings. The van der Waals surface area contributed by atoms with Crippen LogP contribution in [0.3, 0.4) is 0 Å². The van der Waals surface area contributed by atoms with Gasteiger partial charge < -0.3 is 10.3 Å². The van der Waals surface area contributed by atoms with Crippen molar-refractivity contribution >= 4 is 5.70 Å². The molecule has 0 saturated heterocycles. The summed E-state index contributed by atoms with van der Waals surface area (Å²) >= 11 is 0. The Kier molecular flexibility index (Phi) is 6.52. The van der Waals surface area contributed by atoms with Gasteiger partial charge in [0.2, 0.25) is 0 Å². The van der Waals surface area contributed by atoms with Crippen molar-refractivity contribution < 1.29 is 0 Å². The average molecular weight is 351 g/mol. The number of aromatic amines is 1. The number of rotatable bonds is 8. The van der Waals surface area contributed by atoms with E-state index in [-0.39, 0.29) is 0 Å². The van der Waals surface area contributed by atoms with E-state index < -0.39 is 0 Å². The SMILES string of the molecule is C=C(NCCC)c1c(C)[nH]c(CC(C(=C)C)c2cc(C)ccc2C)c1C. The Morgan fingerprint density at radius 3 is 2.46 bits per heavy atom. The number of hydrogen-bond donors (Lipinski definition) is 2. The molecular formula is C24H34N2. The molecule has 2 nitrogen and oxygen atoms in total. The molecule has 1 atom stereocenters. The van der Waals surface area contributed by atoms with Gasteiger partial charge in [0.05, 0.1) is 0 Å². The molecule has 2 heteroatoms. The topological polar surface area (TPSA) is 27.8 Å². The molecule has 0 spiro atoms. The molecule has 140 valence electrons. The fraction of sp³-hybridized carbons (Fsp3) is 0.417. The summed E-state index contributed by atoms with van der Waals surface area (Å²) in [6.07, 6.45) is 2.03. The van der Waals surface area contributed by atoms with Crippen LogP contribution in [0.4, 0.5) is 0 Å².